The second kappa shape index (κ2) is 4.57. The summed E-state index contributed by atoms with van der Waals surface area (Å²) in [6, 6.07) is 0. The highest BCUT2D eigenvalue weighted by Crippen LogP contribution is 2.26. The first-order valence-electron chi connectivity index (χ1n) is 5.36. The molecule has 82 valence electrons. The third-order valence-corrected chi connectivity index (χ3v) is 3.26. The molecule has 2 rings (SSSR count). The molecule has 0 aliphatic carbocycles. The van der Waals surface area contributed by atoms with Crippen molar-refractivity contribution >= 4 is 0 Å². The van der Waals surface area contributed by atoms with Gasteiger partial charge in [0.15, 0.2) is 0 Å². The fraction of sp³-hybridized carbons (Fsp3) is 1.00. The summed E-state index contributed by atoms with van der Waals surface area (Å²) in [5.74, 6) is 0.195. The highest BCUT2D eigenvalue weighted by atomic mass is 16.5. The Labute approximate surface area is 84.6 Å². The smallest absolute Gasteiger partial charge is 0.0901 e. The molecule has 4 heteroatoms. The van der Waals surface area contributed by atoms with E-state index in [0.717, 1.165) is 26.0 Å². The van der Waals surface area contributed by atoms with Crippen molar-refractivity contribution in [1.82, 2.24) is 5.32 Å². The Balaban J connectivity index is 1.99. The van der Waals surface area contributed by atoms with Gasteiger partial charge >= 0.3 is 0 Å². The number of hydrogen-bond acceptors (Lipinski definition) is 4. The second-order valence-corrected chi connectivity index (χ2v) is 4.14. The standard InChI is InChI=1S/C10H19NO3/c1-13-9-3-2-4-14-10(9)7-5-11-6-8(7)12/h7-12H,2-6H2,1H3/t7-,8+,9?,10?/m0/s1. The molecule has 0 aromatic rings. The molecule has 0 spiro atoms. The lowest BCUT2D eigenvalue weighted by molar-refractivity contribution is -0.126. The predicted octanol–water partition coefficient (Wildman–Crippen LogP) is -0.239. The zero-order valence-corrected chi connectivity index (χ0v) is 8.61. The van der Waals surface area contributed by atoms with Crippen molar-refractivity contribution in [2.24, 2.45) is 5.92 Å². The minimum atomic E-state index is -0.282. The number of methoxy groups -OCH3 is 1. The van der Waals surface area contributed by atoms with E-state index >= 15 is 0 Å². The van der Waals surface area contributed by atoms with Gasteiger partial charge in [-0.3, -0.25) is 0 Å². The third-order valence-electron chi connectivity index (χ3n) is 3.26. The van der Waals surface area contributed by atoms with Crippen LogP contribution < -0.4 is 5.32 Å². The molecule has 2 N–H and O–H groups in total. The molecule has 0 bridgehead atoms. The van der Waals surface area contributed by atoms with Crippen LogP contribution in [0.15, 0.2) is 0 Å². The van der Waals surface area contributed by atoms with Gasteiger partial charge in [-0.25, -0.2) is 0 Å². The summed E-state index contributed by atoms with van der Waals surface area (Å²) >= 11 is 0. The fourth-order valence-electron chi connectivity index (χ4n) is 2.45. The van der Waals surface area contributed by atoms with Crippen molar-refractivity contribution in [2.75, 3.05) is 26.8 Å². The second-order valence-electron chi connectivity index (χ2n) is 4.14. The lowest BCUT2D eigenvalue weighted by Crippen LogP contribution is -2.45. The van der Waals surface area contributed by atoms with Gasteiger partial charge in [0.1, 0.15) is 0 Å². The zero-order chi connectivity index (χ0) is 9.97. The number of rotatable bonds is 2. The fourth-order valence-corrected chi connectivity index (χ4v) is 2.45. The van der Waals surface area contributed by atoms with Crippen molar-refractivity contribution in [1.29, 1.82) is 0 Å². The summed E-state index contributed by atoms with van der Waals surface area (Å²) in [6.07, 6.45) is 2.05. The molecular weight excluding hydrogens is 182 g/mol. The van der Waals surface area contributed by atoms with Crippen LogP contribution in [0.3, 0.4) is 0 Å². The zero-order valence-electron chi connectivity index (χ0n) is 8.61. The lowest BCUT2D eigenvalue weighted by Gasteiger charge is -2.35. The van der Waals surface area contributed by atoms with Gasteiger partial charge < -0.3 is 19.9 Å². The van der Waals surface area contributed by atoms with Crippen molar-refractivity contribution in [3.05, 3.63) is 0 Å². The molecule has 2 aliphatic rings. The molecule has 0 amide bonds. The molecule has 0 saturated carbocycles. The lowest BCUT2D eigenvalue weighted by atomic mass is 9.91. The maximum absolute atomic E-state index is 9.76. The summed E-state index contributed by atoms with van der Waals surface area (Å²) in [5, 5.41) is 12.9. The number of hydrogen-bond donors (Lipinski definition) is 2. The van der Waals surface area contributed by atoms with E-state index in [1.54, 1.807) is 7.11 Å². The minimum Gasteiger partial charge on any atom is -0.391 e. The van der Waals surface area contributed by atoms with E-state index in [1.807, 2.05) is 0 Å². The van der Waals surface area contributed by atoms with Gasteiger partial charge in [-0.2, -0.15) is 0 Å². The highest BCUT2D eigenvalue weighted by Gasteiger charge is 2.39. The van der Waals surface area contributed by atoms with Crippen molar-refractivity contribution in [3.8, 4) is 0 Å². The van der Waals surface area contributed by atoms with Gasteiger partial charge in [0.25, 0.3) is 0 Å². The average Bonchev–Trinajstić information content (AvgIpc) is 2.64. The molecule has 4 nitrogen and oxygen atoms in total. The summed E-state index contributed by atoms with van der Waals surface area (Å²) in [5.41, 5.74) is 0. The topological polar surface area (TPSA) is 50.7 Å². The van der Waals surface area contributed by atoms with Crippen LogP contribution in [-0.4, -0.2) is 50.2 Å². The predicted molar refractivity (Wildman–Crippen MR) is 52.1 cm³/mol. The van der Waals surface area contributed by atoms with E-state index in [9.17, 15) is 5.11 Å². The van der Waals surface area contributed by atoms with Crippen LogP contribution in [0.2, 0.25) is 0 Å². The Morgan fingerprint density at radius 2 is 2.29 bits per heavy atom. The molecular formula is C10H19NO3. The third kappa shape index (κ3) is 1.93. The van der Waals surface area contributed by atoms with E-state index < -0.39 is 0 Å². The molecule has 4 atom stereocenters. The van der Waals surface area contributed by atoms with E-state index in [4.69, 9.17) is 9.47 Å². The monoisotopic (exact) mass is 201 g/mol. The molecule has 2 heterocycles. The number of aliphatic hydroxyl groups is 1. The van der Waals surface area contributed by atoms with E-state index in [0.29, 0.717) is 6.54 Å². The van der Waals surface area contributed by atoms with Gasteiger partial charge in [0.05, 0.1) is 18.3 Å². The molecule has 0 radical (unpaired) electrons. The Morgan fingerprint density at radius 3 is 2.93 bits per heavy atom. The van der Waals surface area contributed by atoms with E-state index in [2.05, 4.69) is 5.32 Å². The maximum atomic E-state index is 9.76. The van der Waals surface area contributed by atoms with E-state index in [-0.39, 0.29) is 24.2 Å². The van der Waals surface area contributed by atoms with Gasteiger partial charge in [-0.15, -0.1) is 0 Å². The van der Waals surface area contributed by atoms with Crippen LogP contribution in [0.1, 0.15) is 12.8 Å². The van der Waals surface area contributed by atoms with Gasteiger partial charge in [0, 0.05) is 32.7 Å². The number of nitrogens with one attached hydrogen (secondary N) is 1. The first-order chi connectivity index (χ1) is 6.83. The molecule has 0 aromatic carbocycles. The normalized spacial score (nSPS) is 44.1. The van der Waals surface area contributed by atoms with Gasteiger partial charge in [-0.05, 0) is 12.8 Å². The molecule has 14 heavy (non-hydrogen) atoms. The van der Waals surface area contributed by atoms with Crippen LogP contribution in [0.25, 0.3) is 0 Å². The number of β-amino-alcohol motifs (C(OH)–C–C–N with tert-alkyl or cyclic N) is 1. The summed E-state index contributed by atoms with van der Waals surface area (Å²) in [4.78, 5) is 0. The first kappa shape index (κ1) is 10.4. The largest absolute Gasteiger partial charge is 0.391 e. The summed E-state index contributed by atoms with van der Waals surface area (Å²) < 4.78 is 11.1. The molecule has 2 aliphatic heterocycles. The van der Waals surface area contributed by atoms with Gasteiger partial charge in [-0.1, -0.05) is 0 Å². The van der Waals surface area contributed by atoms with Crippen LogP contribution >= 0.6 is 0 Å². The Morgan fingerprint density at radius 1 is 1.43 bits per heavy atom. The SMILES string of the molecule is COC1CCCOC1[C@H]1CNC[C@H]1O. The average molecular weight is 201 g/mol. The van der Waals surface area contributed by atoms with Crippen LogP contribution in [0, 0.1) is 5.92 Å². The van der Waals surface area contributed by atoms with Gasteiger partial charge in [0.2, 0.25) is 0 Å². The summed E-state index contributed by atoms with van der Waals surface area (Å²) in [6.45, 7) is 2.32. The highest BCUT2D eigenvalue weighted by molar-refractivity contribution is 4.91. The molecule has 2 unspecified atom stereocenters. The van der Waals surface area contributed by atoms with Crippen molar-refractivity contribution < 1.29 is 14.6 Å². The van der Waals surface area contributed by atoms with Crippen LogP contribution in [-0.2, 0) is 9.47 Å². The van der Waals surface area contributed by atoms with Crippen molar-refractivity contribution in [3.63, 3.8) is 0 Å². The Kier molecular flexibility index (Phi) is 3.38. The number of aliphatic hydroxyl groups excluding tert-OH is 1. The van der Waals surface area contributed by atoms with Crippen LogP contribution in [0.5, 0.6) is 0 Å². The minimum absolute atomic E-state index is 0.0683. The molecule has 2 saturated heterocycles. The summed E-state index contributed by atoms with van der Waals surface area (Å²) in [7, 11) is 1.72. The Bertz CT molecular complexity index is 188. The van der Waals surface area contributed by atoms with Crippen LogP contribution in [0.4, 0.5) is 0 Å². The molecule has 0 aromatic heterocycles. The van der Waals surface area contributed by atoms with E-state index in [1.165, 1.54) is 0 Å². The number of ether oxygens (including phenoxy) is 2. The Hall–Kier alpha value is -0.160. The quantitative estimate of drug-likeness (QED) is 0.647. The van der Waals surface area contributed by atoms with Crippen molar-refractivity contribution in [2.45, 2.75) is 31.2 Å². The first-order valence-corrected chi connectivity index (χ1v) is 5.36. The maximum Gasteiger partial charge on any atom is 0.0901 e. The molecule has 2 fully saturated rings.